The summed E-state index contributed by atoms with van der Waals surface area (Å²) < 4.78 is 28.4. The number of carbonyl (C=O) groups excluding carboxylic acids is 1. The first kappa shape index (κ1) is 18.6. The first-order chi connectivity index (χ1) is 12.3. The molecule has 1 aliphatic rings. The van der Waals surface area contributed by atoms with Crippen LogP contribution in [0.2, 0.25) is 0 Å². The molecule has 7 nitrogen and oxygen atoms in total. The van der Waals surface area contributed by atoms with Crippen molar-refractivity contribution in [3.05, 3.63) is 41.5 Å². The molecule has 0 saturated carbocycles. The minimum atomic E-state index is -3.24. The maximum Gasteiger partial charge on any atom is 0.249 e. The molecule has 140 valence electrons. The van der Waals surface area contributed by atoms with E-state index in [1.54, 1.807) is 17.0 Å². The average molecular weight is 377 g/mol. The largest absolute Gasteiger partial charge is 0.337 e. The number of hydrogen-bond acceptors (Lipinski definition) is 6. The van der Waals surface area contributed by atoms with Crippen LogP contribution in [0.25, 0.3) is 0 Å². The standard InChI is InChI=1S/C18H23N3O4S/c1-12(2)17-19-18(25-20-17)15-5-4-10-21(15)16(22)11-13-6-8-14(9-7-13)26(3,23)24/h6-9,12,15H,4-5,10-11H2,1-3H3/t15-/m0/s1. The lowest BCUT2D eigenvalue weighted by molar-refractivity contribution is -0.131. The number of sulfone groups is 1. The van der Waals surface area contributed by atoms with Crippen LogP contribution in [0.4, 0.5) is 0 Å². The van der Waals surface area contributed by atoms with Gasteiger partial charge in [0.25, 0.3) is 0 Å². The van der Waals surface area contributed by atoms with Crippen LogP contribution in [0.15, 0.2) is 33.7 Å². The van der Waals surface area contributed by atoms with Gasteiger partial charge in [0.15, 0.2) is 15.7 Å². The molecule has 1 amide bonds. The summed E-state index contributed by atoms with van der Waals surface area (Å²) in [4.78, 5) is 19.2. The van der Waals surface area contributed by atoms with E-state index in [1.807, 2.05) is 13.8 Å². The van der Waals surface area contributed by atoms with E-state index in [-0.39, 0.29) is 29.2 Å². The zero-order chi connectivity index (χ0) is 18.9. The summed E-state index contributed by atoms with van der Waals surface area (Å²) in [6.45, 7) is 4.64. The van der Waals surface area contributed by atoms with Crippen molar-refractivity contribution in [1.82, 2.24) is 15.0 Å². The zero-order valence-electron chi connectivity index (χ0n) is 15.2. The fourth-order valence-electron chi connectivity index (χ4n) is 3.07. The highest BCUT2D eigenvalue weighted by Gasteiger charge is 2.34. The molecule has 1 aliphatic heterocycles. The van der Waals surface area contributed by atoms with Gasteiger partial charge < -0.3 is 9.42 Å². The predicted octanol–water partition coefficient (Wildman–Crippen LogP) is 2.50. The fraction of sp³-hybridized carbons (Fsp3) is 0.500. The Morgan fingerprint density at radius 1 is 1.31 bits per heavy atom. The first-order valence-electron chi connectivity index (χ1n) is 8.67. The van der Waals surface area contributed by atoms with Crippen molar-refractivity contribution < 1.29 is 17.7 Å². The highest BCUT2D eigenvalue weighted by molar-refractivity contribution is 7.90. The lowest BCUT2D eigenvalue weighted by Crippen LogP contribution is -2.32. The molecule has 0 bridgehead atoms. The molecule has 26 heavy (non-hydrogen) atoms. The molecular weight excluding hydrogens is 354 g/mol. The van der Waals surface area contributed by atoms with Crippen LogP contribution in [0.3, 0.4) is 0 Å². The van der Waals surface area contributed by atoms with E-state index >= 15 is 0 Å². The Labute approximate surface area is 153 Å². The van der Waals surface area contributed by atoms with Crippen molar-refractivity contribution in [2.75, 3.05) is 12.8 Å². The first-order valence-corrected chi connectivity index (χ1v) is 10.6. The number of rotatable bonds is 5. The monoisotopic (exact) mass is 377 g/mol. The lowest BCUT2D eigenvalue weighted by Gasteiger charge is -2.22. The molecule has 8 heteroatoms. The quantitative estimate of drug-likeness (QED) is 0.795. The van der Waals surface area contributed by atoms with Gasteiger partial charge in [0, 0.05) is 18.7 Å². The molecule has 1 aromatic carbocycles. The summed E-state index contributed by atoms with van der Waals surface area (Å²) in [6.07, 6.45) is 3.07. The van der Waals surface area contributed by atoms with Gasteiger partial charge in [-0.2, -0.15) is 4.98 Å². The van der Waals surface area contributed by atoms with Gasteiger partial charge in [0.2, 0.25) is 11.8 Å². The molecule has 1 fully saturated rings. The molecule has 0 N–H and O–H groups in total. The molecule has 3 rings (SSSR count). The Hall–Kier alpha value is -2.22. The highest BCUT2D eigenvalue weighted by Crippen LogP contribution is 2.32. The second kappa shape index (κ2) is 7.19. The molecule has 2 heterocycles. The van der Waals surface area contributed by atoms with Crippen LogP contribution < -0.4 is 0 Å². The van der Waals surface area contributed by atoms with Gasteiger partial charge in [-0.05, 0) is 30.5 Å². The molecule has 0 unspecified atom stereocenters. The summed E-state index contributed by atoms with van der Waals surface area (Å²) in [5.41, 5.74) is 0.779. The van der Waals surface area contributed by atoms with Crippen molar-refractivity contribution in [3.63, 3.8) is 0 Å². The van der Waals surface area contributed by atoms with Crippen molar-refractivity contribution in [2.45, 2.75) is 50.0 Å². The van der Waals surface area contributed by atoms with Gasteiger partial charge in [0.05, 0.1) is 11.3 Å². The molecule has 1 saturated heterocycles. The van der Waals surface area contributed by atoms with E-state index in [0.717, 1.165) is 24.7 Å². The third kappa shape index (κ3) is 3.95. The maximum atomic E-state index is 12.7. The summed E-state index contributed by atoms with van der Waals surface area (Å²) in [7, 11) is -3.24. The Kier molecular flexibility index (Phi) is 5.13. The predicted molar refractivity (Wildman–Crippen MR) is 95.3 cm³/mol. The second-order valence-electron chi connectivity index (χ2n) is 6.98. The zero-order valence-corrected chi connectivity index (χ0v) is 16.0. The minimum absolute atomic E-state index is 0.0242. The molecule has 0 aliphatic carbocycles. The van der Waals surface area contributed by atoms with Crippen molar-refractivity contribution >= 4 is 15.7 Å². The van der Waals surface area contributed by atoms with Crippen LogP contribution in [-0.2, 0) is 21.1 Å². The van der Waals surface area contributed by atoms with Crippen LogP contribution in [-0.4, -0.2) is 42.2 Å². The van der Waals surface area contributed by atoms with Crippen molar-refractivity contribution in [1.29, 1.82) is 0 Å². The van der Waals surface area contributed by atoms with Gasteiger partial charge in [-0.15, -0.1) is 0 Å². The van der Waals surface area contributed by atoms with Gasteiger partial charge in [-0.25, -0.2) is 8.42 Å². The maximum absolute atomic E-state index is 12.7. The number of benzene rings is 1. The Morgan fingerprint density at radius 3 is 2.58 bits per heavy atom. The molecule has 1 atom stereocenters. The number of nitrogens with zero attached hydrogens (tertiary/aromatic N) is 3. The molecule has 2 aromatic rings. The summed E-state index contributed by atoms with van der Waals surface area (Å²) in [5, 5.41) is 3.99. The summed E-state index contributed by atoms with van der Waals surface area (Å²) >= 11 is 0. The summed E-state index contributed by atoms with van der Waals surface area (Å²) in [5.74, 6) is 1.29. The van der Waals surface area contributed by atoms with E-state index in [0.29, 0.717) is 18.3 Å². The Bertz CT molecular complexity index is 887. The second-order valence-corrected chi connectivity index (χ2v) is 9.00. The summed E-state index contributed by atoms with van der Waals surface area (Å²) in [6, 6.07) is 6.25. The van der Waals surface area contributed by atoms with E-state index in [4.69, 9.17) is 4.52 Å². The normalized spacial score (nSPS) is 17.8. The molecule has 1 aromatic heterocycles. The van der Waals surface area contributed by atoms with E-state index in [1.165, 1.54) is 12.1 Å². The molecule has 0 spiro atoms. The topological polar surface area (TPSA) is 93.4 Å². The third-order valence-corrected chi connectivity index (χ3v) is 5.67. The lowest BCUT2D eigenvalue weighted by atomic mass is 10.1. The smallest absolute Gasteiger partial charge is 0.249 e. The Morgan fingerprint density at radius 2 is 2.00 bits per heavy atom. The van der Waals surface area contributed by atoms with Gasteiger partial charge in [-0.3, -0.25) is 4.79 Å². The average Bonchev–Trinajstić information content (AvgIpc) is 3.23. The van der Waals surface area contributed by atoms with Crippen LogP contribution in [0.1, 0.15) is 55.9 Å². The number of aromatic nitrogens is 2. The molecule has 0 radical (unpaired) electrons. The van der Waals surface area contributed by atoms with Crippen molar-refractivity contribution in [3.8, 4) is 0 Å². The third-order valence-electron chi connectivity index (χ3n) is 4.54. The number of carbonyl (C=O) groups is 1. The van der Waals surface area contributed by atoms with E-state index in [2.05, 4.69) is 10.1 Å². The Balaban J connectivity index is 1.72. The van der Waals surface area contributed by atoms with Crippen LogP contribution in [0.5, 0.6) is 0 Å². The minimum Gasteiger partial charge on any atom is -0.337 e. The van der Waals surface area contributed by atoms with Gasteiger partial charge in [-0.1, -0.05) is 31.1 Å². The van der Waals surface area contributed by atoms with E-state index in [9.17, 15) is 13.2 Å². The van der Waals surface area contributed by atoms with Gasteiger partial charge in [0.1, 0.15) is 6.04 Å². The van der Waals surface area contributed by atoms with E-state index < -0.39 is 9.84 Å². The highest BCUT2D eigenvalue weighted by atomic mass is 32.2. The number of amides is 1. The van der Waals surface area contributed by atoms with Crippen molar-refractivity contribution in [2.24, 2.45) is 0 Å². The number of likely N-dealkylation sites (tertiary alicyclic amines) is 1. The number of hydrogen-bond donors (Lipinski definition) is 0. The fourth-order valence-corrected chi connectivity index (χ4v) is 3.70. The van der Waals surface area contributed by atoms with Crippen LogP contribution in [0, 0.1) is 0 Å². The SMILES string of the molecule is CC(C)c1noc([C@@H]2CCCN2C(=O)Cc2ccc(S(C)(=O)=O)cc2)n1. The van der Waals surface area contributed by atoms with Crippen LogP contribution >= 0.6 is 0 Å². The molecular formula is C18H23N3O4S. The van der Waals surface area contributed by atoms with Gasteiger partial charge >= 0.3 is 0 Å².